The maximum absolute atomic E-state index is 12.4. The van der Waals surface area contributed by atoms with E-state index in [0.717, 1.165) is 72.2 Å². The maximum atomic E-state index is 12.4. The summed E-state index contributed by atoms with van der Waals surface area (Å²) in [5, 5.41) is 1.14. The molecule has 0 bridgehead atoms. The van der Waals surface area contributed by atoms with Crippen molar-refractivity contribution in [2.45, 2.75) is 98.9 Å². The Labute approximate surface area is 554 Å². The molecule has 9 heteroatoms. The van der Waals surface area contributed by atoms with Crippen LogP contribution in [-0.4, -0.2) is 57.4 Å². The molecule has 4 nitrogen and oxygen atoms in total. The molecular formula is C79H90BrN3OS4. The number of nitrogens with two attached hydrogens (primary N) is 2. The molecule has 0 unspecified atom stereocenters. The van der Waals surface area contributed by atoms with Crippen LogP contribution in [0, 0.1) is 0 Å². The van der Waals surface area contributed by atoms with Crippen LogP contribution in [0.15, 0.2) is 273 Å². The van der Waals surface area contributed by atoms with Crippen LogP contribution in [0.3, 0.4) is 0 Å². The molecule has 0 atom stereocenters. The number of amides is 1. The number of halogens is 1. The number of benzene rings is 9. The van der Waals surface area contributed by atoms with Crippen LogP contribution in [0.2, 0.25) is 0 Å². The number of hydrogen-bond acceptors (Lipinski definition) is 7. The van der Waals surface area contributed by atoms with Gasteiger partial charge >= 0.3 is 0 Å². The molecule has 0 aromatic heterocycles. The molecule has 1 aliphatic heterocycles. The molecule has 458 valence electrons. The Balaban J connectivity index is 0.000000181. The van der Waals surface area contributed by atoms with E-state index in [2.05, 4.69) is 308 Å². The average molecular weight is 1310 g/mol. The van der Waals surface area contributed by atoms with Crippen molar-refractivity contribution in [1.29, 1.82) is 0 Å². The molecule has 4 N–H and O–H groups in total. The number of hydrogen-bond donors (Lipinski definition) is 2. The number of unbranched alkanes of at least 4 members (excludes halogenated alkanes) is 8. The van der Waals surface area contributed by atoms with Crippen LogP contribution in [0.4, 0.5) is 0 Å². The normalized spacial score (nSPS) is 12.2. The number of rotatable bonds is 28. The third-order valence-corrected chi connectivity index (χ3v) is 21.3. The third-order valence-electron chi connectivity index (χ3n) is 16.1. The summed E-state index contributed by atoms with van der Waals surface area (Å²) in [5.41, 5.74) is 22.7. The Bertz CT molecular complexity index is 2980. The Hall–Kier alpha value is -6.01. The lowest BCUT2D eigenvalue weighted by atomic mass is 9.71. The summed E-state index contributed by atoms with van der Waals surface area (Å²) in [6, 6.07) is 97.4. The van der Waals surface area contributed by atoms with Crippen molar-refractivity contribution in [3.8, 4) is 0 Å². The van der Waals surface area contributed by atoms with E-state index in [1.807, 2.05) is 11.8 Å². The van der Waals surface area contributed by atoms with E-state index in [1.54, 1.807) is 16.7 Å². The fourth-order valence-electron chi connectivity index (χ4n) is 11.3. The van der Waals surface area contributed by atoms with Crippen molar-refractivity contribution in [1.82, 2.24) is 4.90 Å². The van der Waals surface area contributed by atoms with Gasteiger partial charge in [-0.2, -0.15) is 0 Å². The minimum atomic E-state index is -0.265. The summed E-state index contributed by atoms with van der Waals surface area (Å²) in [6.45, 7) is 4.72. The Morgan fingerprint density at radius 2 is 0.670 bits per heavy atom. The standard InChI is InChI=1S/C28H29NOS3.C25H29NS.C20H18.C6H14BrN/c30-26(29-20-22-32-27(29)31)19-11-4-12-21-33-28(23-13-5-1-6-14-23,24-15-7-2-8-16-24)25-17-9-3-10-18-25;26-20-12-1-2-13-21-27-25(22-14-6-3-7-15-22,23-16-8-4-9-17-23)24-18-10-5-11-19-24;1-20(17-11-5-2-6-12-17,18-13-7-3-8-14-18)19-15-9-4-10-16-19;7-5-3-1-2-4-6-8/h1-3,5-10,13-18H,4,11-12,19-22H2;3-11,14-19H,1-2,12-13,20-21,26H2;2-16H,1H3;1-6,8H2. The molecule has 0 spiro atoms. The SMILES string of the molecule is CC(c1ccccc1)(c1ccccc1)c1ccccc1.NCCCCCCBr.NCCCCCCSC(c1ccccc1)(c1ccccc1)c1ccccc1.O=C(CCCCCSC(c1ccccc1)(c1ccccc1)c1ccccc1)N1CCSC1=S. The Kier molecular flexibility index (Phi) is 30.9. The summed E-state index contributed by atoms with van der Waals surface area (Å²) >= 11 is 14.3. The molecule has 9 aromatic carbocycles. The van der Waals surface area contributed by atoms with Gasteiger partial charge in [0.2, 0.25) is 5.91 Å². The summed E-state index contributed by atoms with van der Waals surface area (Å²) in [7, 11) is 0. The van der Waals surface area contributed by atoms with Gasteiger partial charge in [-0.3, -0.25) is 9.69 Å². The first-order valence-electron chi connectivity index (χ1n) is 31.5. The fraction of sp³-hybridized carbons (Fsp3) is 0.291. The molecule has 10 rings (SSSR count). The number of carbonyl (C=O) groups excluding carboxylic acids is 1. The zero-order valence-corrected chi connectivity index (χ0v) is 56.3. The molecule has 1 fully saturated rings. The van der Waals surface area contributed by atoms with E-state index in [1.165, 1.54) is 95.0 Å². The molecule has 1 amide bonds. The van der Waals surface area contributed by atoms with E-state index in [9.17, 15) is 4.79 Å². The highest BCUT2D eigenvalue weighted by Gasteiger charge is 2.38. The predicted molar refractivity (Wildman–Crippen MR) is 392 cm³/mol. The number of alkyl halides is 1. The monoisotopic (exact) mass is 1300 g/mol. The molecule has 9 aromatic rings. The lowest BCUT2D eigenvalue weighted by molar-refractivity contribution is -0.126. The summed E-state index contributed by atoms with van der Waals surface area (Å²) in [4.78, 5) is 14.2. The minimum absolute atomic E-state index is 0.121. The van der Waals surface area contributed by atoms with Gasteiger partial charge in [-0.25, -0.2) is 0 Å². The highest BCUT2D eigenvalue weighted by atomic mass is 79.9. The molecule has 1 aliphatic rings. The van der Waals surface area contributed by atoms with Gasteiger partial charge in [-0.1, -0.05) is 345 Å². The van der Waals surface area contributed by atoms with E-state index >= 15 is 0 Å². The fourth-order valence-corrected chi connectivity index (χ4v) is 16.1. The predicted octanol–water partition coefficient (Wildman–Crippen LogP) is 20.3. The maximum Gasteiger partial charge on any atom is 0.228 e. The van der Waals surface area contributed by atoms with Crippen molar-refractivity contribution in [2.75, 3.05) is 42.2 Å². The second-order valence-electron chi connectivity index (χ2n) is 22.0. The molecule has 1 heterocycles. The van der Waals surface area contributed by atoms with Gasteiger partial charge in [0, 0.05) is 29.5 Å². The van der Waals surface area contributed by atoms with Gasteiger partial charge in [0.1, 0.15) is 4.32 Å². The third kappa shape index (κ3) is 20.0. The van der Waals surface area contributed by atoms with Crippen molar-refractivity contribution in [3.63, 3.8) is 0 Å². The van der Waals surface area contributed by atoms with Gasteiger partial charge in [-0.05, 0) is 120 Å². The second kappa shape index (κ2) is 39.2. The number of thiocarbonyl (C=S) groups is 1. The van der Waals surface area contributed by atoms with Gasteiger partial charge in [0.15, 0.2) is 0 Å². The highest BCUT2D eigenvalue weighted by Crippen LogP contribution is 2.50. The van der Waals surface area contributed by atoms with E-state index in [0.29, 0.717) is 6.42 Å². The first kappa shape index (κ1) is 69.5. The van der Waals surface area contributed by atoms with E-state index in [4.69, 9.17) is 23.7 Å². The zero-order valence-electron chi connectivity index (χ0n) is 51.4. The average Bonchev–Trinajstić information content (AvgIpc) is 1.30. The summed E-state index contributed by atoms with van der Waals surface area (Å²) in [5.74, 6) is 3.26. The van der Waals surface area contributed by atoms with Crippen LogP contribution in [-0.2, 0) is 19.7 Å². The molecule has 88 heavy (non-hydrogen) atoms. The quantitative estimate of drug-likeness (QED) is 0.0219. The van der Waals surface area contributed by atoms with Gasteiger partial charge in [0.25, 0.3) is 0 Å². The van der Waals surface area contributed by atoms with Crippen LogP contribution in [0.25, 0.3) is 0 Å². The van der Waals surface area contributed by atoms with Crippen molar-refractivity contribution in [3.05, 3.63) is 323 Å². The van der Waals surface area contributed by atoms with Crippen LogP contribution < -0.4 is 11.5 Å². The molecule has 0 saturated carbocycles. The lowest BCUT2D eigenvalue weighted by Gasteiger charge is -2.35. The number of thioether (sulfide) groups is 3. The summed E-state index contributed by atoms with van der Waals surface area (Å²) < 4.78 is 0.296. The topological polar surface area (TPSA) is 72.3 Å². The molecule has 0 aliphatic carbocycles. The Morgan fingerprint density at radius 1 is 0.409 bits per heavy atom. The van der Waals surface area contributed by atoms with Gasteiger partial charge < -0.3 is 11.5 Å². The highest BCUT2D eigenvalue weighted by molar-refractivity contribution is 9.09. The minimum Gasteiger partial charge on any atom is -0.330 e. The van der Waals surface area contributed by atoms with Crippen molar-refractivity contribution in [2.24, 2.45) is 11.5 Å². The van der Waals surface area contributed by atoms with Gasteiger partial charge in [0.05, 0.1) is 9.49 Å². The smallest absolute Gasteiger partial charge is 0.228 e. The molecule has 1 saturated heterocycles. The largest absolute Gasteiger partial charge is 0.330 e. The second-order valence-corrected chi connectivity index (χ2v) is 27.2. The van der Waals surface area contributed by atoms with Crippen LogP contribution in [0.1, 0.15) is 134 Å². The van der Waals surface area contributed by atoms with E-state index < -0.39 is 0 Å². The van der Waals surface area contributed by atoms with Gasteiger partial charge in [-0.15, -0.1) is 23.5 Å². The number of nitrogens with zero attached hydrogens (tertiary/aromatic N) is 1. The zero-order chi connectivity index (χ0) is 61.8. The summed E-state index contributed by atoms with van der Waals surface area (Å²) in [6.07, 6.45) is 13.5. The Morgan fingerprint density at radius 3 is 0.932 bits per heavy atom. The molecule has 0 radical (unpaired) electrons. The van der Waals surface area contributed by atoms with E-state index in [-0.39, 0.29) is 20.8 Å². The first-order chi connectivity index (χ1) is 43.3. The molecular weight excluding hydrogens is 1220 g/mol. The number of carbonyl (C=O) groups is 1. The van der Waals surface area contributed by atoms with Crippen molar-refractivity contribution >= 4 is 73.7 Å². The first-order valence-corrected chi connectivity index (χ1v) is 36.0. The van der Waals surface area contributed by atoms with Crippen molar-refractivity contribution < 1.29 is 4.79 Å². The van der Waals surface area contributed by atoms with Crippen LogP contribution in [0.5, 0.6) is 0 Å². The van der Waals surface area contributed by atoms with Crippen LogP contribution >= 0.6 is 63.4 Å². The lowest BCUT2D eigenvalue weighted by Crippen LogP contribution is -2.30.